The first-order chi connectivity index (χ1) is 29.7. The number of piperazine rings is 1. The Balaban J connectivity index is 0.781. The zero-order chi connectivity index (χ0) is 42.5. The quantitative estimate of drug-likeness (QED) is 0.0737. The van der Waals surface area contributed by atoms with Crippen molar-refractivity contribution in [1.29, 1.82) is 0 Å². The molecule has 3 aromatic heterocycles. The van der Waals surface area contributed by atoms with Gasteiger partial charge in [0.1, 0.15) is 11.7 Å². The second kappa shape index (κ2) is 19.4. The number of carbonyl (C=O) groups is 2. The van der Waals surface area contributed by atoms with Gasteiger partial charge in [-0.25, -0.2) is 9.78 Å². The molecule has 5 heterocycles. The maximum absolute atomic E-state index is 13.1. The standard InChI is InChI=1S/C47H63N9O5/c1-4-5-21-48-46-49-30-38-39(31-55(44(38)51-46)36-14-16-37(57)17-15-36)35-12-10-34(11-13-35)32(2)54-25-23-53(24-26-54)22-7-28-61-27-6-8-33-9-18-40-42(29-33)52(3)47(60)56(40)41-19-20-43(58)50-45(41)59/h9-13,18,29-32,36-37,41,57H,4-8,14-17,19-28H2,1-3H3,(H,48,49,51)(H,50,58,59)/t32-,36-,37-,41?/m1/s1. The largest absolute Gasteiger partial charge is 0.393 e. The summed E-state index contributed by atoms with van der Waals surface area (Å²) in [7, 11) is 1.73. The van der Waals surface area contributed by atoms with E-state index in [1.165, 1.54) is 15.7 Å². The Bertz CT molecular complexity index is 2350. The van der Waals surface area contributed by atoms with Crippen LogP contribution in [0.15, 0.2) is 59.7 Å². The molecule has 0 spiro atoms. The number of imidazole rings is 1. The van der Waals surface area contributed by atoms with E-state index in [1.807, 2.05) is 24.4 Å². The van der Waals surface area contributed by atoms with Crippen LogP contribution in [0.1, 0.15) is 107 Å². The van der Waals surface area contributed by atoms with Gasteiger partial charge >= 0.3 is 5.69 Å². The first kappa shape index (κ1) is 42.8. The van der Waals surface area contributed by atoms with Gasteiger partial charge < -0.3 is 24.6 Å². The molecule has 0 bridgehead atoms. The Morgan fingerprint density at radius 3 is 2.46 bits per heavy atom. The first-order valence-electron chi connectivity index (χ1n) is 22.7. The molecule has 8 rings (SSSR count). The molecule has 2 aliphatic heterocycles. The SMILES string of the molecule is CCCCNc1ncc2c(-c3ccc([C@@H](C)N4CCN(CCCOCCCc5ccc6c(c5)n(C)c(=O)n6C5CCC(=O)NC5=O)CC4)cc3)cn([C@H]3CC[C@H](O)CC3)c2n1. The Labute approximate surface area is 358 Å². The normalized spacial score (nSPS) is 21.0. The van der Waals surface area contributed by atoms with Gasteiger partial charge in [0, 0.05) is 101 Å². The molecule has 2 atom stereocenters. The number of nitrogens with one attached hydrogen (secondary N) is 2. The number of nitrogens with zero attached hydrogens (tertiary/aromatic N) is 7. The minimum Gasteiger partial charge on any atom is -0.393 e. The number of hydrogen-bond donors (Lipinski definition) is 3. The zero-order valence-electron chi connectivity index (χ0n) is 36.2. The van der Waals surface area contributed by atoms with Crippen molar-refractivity contribution in [3.05, 3.63) is 76.5 Å². The van der Waals surface area contributed by atoms with Crippen LogP contribution in [0.2, 0.25) is 0 Å². The lowest BCUT2D eigenvalue weighted by Crippen LogP contribution is -2.47. The predicted molar refractivity (Wildman–Crippen MR) is 239 cm³/mol. The van der Waals surface area contributed by atoms with Gasteiger partial charge in [-0.05, 0) is 93.5 Å². The van der Waals surface area contributed by atoms with Crippen LogP contribution < -0.4 is 16.3 Å². The maximum atomic E-state index is 13.1. The number of benzene rings is 2. The molecule has 3 fully saturated rings. The van der Waals surface area contributed by atoms with Gasteiger partial charge in [0.15, 0.2) is 0 Å². The van der Waals surface area contributed by atoms with Gasteiger partial charge in [0.2, 0.25) is 17.8 Å². The van der Waals surface area contributed by atoms with Crippen LogP contribution in [-0.4, -0.2) is 109 Å². The highest BCUT2D eigenvalue weighted by atomic mass is 16.5. The van der Waals surface area contributed by atoms with Gasteiger partial charge in [0.05, 0.1) is 17.1 Å². The van der Waals surface area contributed by atoms with Crippen molar-refractivity contribution in [2.24, 2.45) is 7.05 Å². The van der Waals surface area contributed by atoms with Crippen molar-refractivity contribution in [3.63, 3.8) is 0 Å². The molecule has 1 saturated carbocycles. The number of hydrogen-bond acceptors (Lipinski definition) is 10. The number of carbonyl (C=O) groups excluding carboxylic acids is 2. The Kier molecular flexibility index (Phi) is 13.6. The molecule has 0 radical (unpaired) electrons. The fraction of sp³-hybridized carbons (Fsp3) is 0.553. The van der Waals surface area contributed by atoms with E-state index in [9.17, 15) is 19.5 Å². The average molecular weight is 834 g/mol. The first-order valence-corrected chi connectivity index (χ1v) is 22.7. The van der Waals surface area contributed by atoms with Crippen molar-refractivity contribution in [1.82, 2.24) is 38.8 Å². The van der Waals surface area contributed by atoms with E-state index < -0.39 is 11.9 Å². The highest BCUT2D eigenvalue weighted by Crippen LogP contribution is 2.37. The summed E-state index contributed by atoms with van der Waals surface area (Å²) < 4.78 is 11.5. The molecule has 61 heavy (non-hydrogen) atoms. The molecule has 326 valence electrons. The molecule has 3 N–H and O–H groups in total. The summed E-state index contributed by atoms with van der Waals surface area (Å²) in [6.45, 7) is 12.0. The van der Waals surface area contributed by atoms with E-state index in [0.29, 0.717) is 36.6 Å². The van der Waals surface area contributed by atoms with Crippen LogP contribution in [0.25, 0.3) is 33.2 Å². The third-order valence-corrected chi connectivity index (χ3v) is 13.3. The van der Waals surface area contributed by atoms with E-state index in [2.05, 4.69) is 69.3 Å². The smallest absolute Gasteiger partial charge is 0.329 e. The van der Waals surface area contributed by atoms with Crippen LogP contribution in [0.4, 0.5) is 5.95 Å². The van der Waals surface area contributed by atoms with E-state index in [-0.39, 0.29) is 24.1 Å². The molecule has 14 heteroatoms. The van der Waals surface area contributed by atoms with Gasteiger partial charge in [-0.1, -0.05) is 43.7 Å². The number of aryl methyl sites for hydroxylation is 2. The third kappa shape index (κ3) is 9.62. The molecule has 2 amide bonds. The monoisotopic (exact) mass is 833 g/mol. The number of ether oxygens (including phenoxy) is 1. The molecule has 2 aromatic carbocycles. The number of fused-ring (bicyclic) bond motifs is 2. The van der Waals surface area contributed by atoms with Crippen molar-refractivity contribution >= 4 is 39.8 Å². The molecular weight excluding hydrogens is 771 g/mol. The average Bonchev–Trinajstić information content (AvgIpc) is 3.77. The van der Waals surface area contributed by atoms with Crippen LogP contribution in [0.3, 0.4) is 0 Å². The van der Waals surface area contributed by atoms with E-state index in [4.69, 9.17) is 14.7 Å². The van der Waals surface area contributed by atoms with Crippen molar-refractivity contribution in [3.8, 4) is 11.1 Å². The van der Waals surface area contributed by atoms with Crippen LogP contribution in [-0.2, 0) is 27.8 Å². The molecular formula is C47H63N9O5. The van der Waals surface area contributed by atoms with Gasteiger partial charge in [-0.3, -0.25) is 28.9 Å². The van der Waals surface area contributed by atoms with Crippen molar-refractivity contribution in [2.75, 3.05) is 57.8 Å². The number of piperidine rings is 1. The summed E-state index contributed by atoms with van der Waals surface area (Å²) in [5, 5.41) is 17.0. The summed E-state index contributed by atoms with van der Waals surface area (Å²) in [5.74, 6) is -0.0324. The lowest BCUT2D eigenvalue weighted by atomic mass is 9.93. The second-order valence-electron chi connectivity index (χ2n) is 17.4. The maximum Gasteiger partial charge on any atom is 0.329 e. The van der Waals surface area contributed by atoms with E-state index in [1.54, 1.807) is 11.6 Å². The predicted octanol–water partition coefficient (Wildman–Crippen LogP) is 6.14. The molecule has 5 aromatic rings. The zero-order valence-corrected chi connectivity index (χ0v) is 36.2. The Morgan fingerprint density at radius 2 is 1.70 bits per heavy atom. The third-order valence-electron chi connectivity index (χ3n) is 13.3. The molecule has 14 nitrogen and oxygen atoms in total. The molecule has 1 aliphatic carbocycles. The fourth-order valence-electron chi connectivity index (χ4n) is 9.53. The van der Waals surface area contributed by atoms with Gasteiger partial charge in [-0.15, -0.1) is 0 Å². The summed E-state index contributed by atoms with van der Waals surface area (Å²) in [6.07, 6.45) is 13.1. The minimum atomic E-state index is -0.676. The van der Waals surface area contributed by atoms with Crippen LogP contribution in [0, 0.1) is 0 Å². The summed E-state index contributed by atoms with van der Waals surface area (Å²) in [5.41, 5.74) is 6.99. The summed E-state index contributed by atoms with van der Waals surface area (Å²) in [4.78, 5) is 52.1. The van der Waals surface area contributed by atoms with Gasteiger partial charge in [-0.2, -0.15) is 4.98 Å². The van der Waals surface area contributed by atoms with E-state index in [0.717, 1.165) is 131 Å². The molecule has 1 unspecified atom stereocenters. The lowest BCUT2D eigenvalue weighted by Gasteiger charge is -2.38. The van der Waals surface area contributed by atoms with E-state index >= 15 is 0 Å². The Hall–Kier alpha value is -4.89. The lowest BCUT2D eigenvalue weighted by molar-refractivity contribution is -0.135. The number of anilines is 1. The number of rotatable bonds is 17. The minimum absolute atomic E-state index is 0.202. The van der Waals surface area contributed by atoms with Gasteiger partial charge in [0.25, 0.3) is 0 Å². The number of unbranched alkanes of at least 4 members (excludes halogenated alkanes) is 1. The van der Waals surface area contributed by atoms with Crippen molar-refractivity contribution in [2.45, 2.75) is 109 Å². The number of imide groups is 1. The highest BCUT2D eigenvalue weighted by Gasteiger charge is 2.31. The summed E-state index contributed by atoms with van der Waals surface area (Å²) in [6, 6.07) is 15.0. The number of amides is 2. The molecule has 2 saturated heterocycles. The fourth-order valence-corrected chi connectivity index (χ4v) is 9.53. The topological polar surface area (TPSA) is 152 Å². The van der Waals surface area contributed by atoms with Crippen molar-refractivity contribution < 1.29 is 19.4 Å². The summed E-state index contributed by atoms with van der Waals surface area (Å²) >= 11 is 0. The number of aliphatic hydroxyl groups excluding tert-OH is 1. The number of aromatic nitrogens is 5. The Morgan fingerprint density at radius 1 is 0.934 bits per heavy atom. The number of aliphatic hydroxyl groups is 1. The highest BCUT2D eigenvalue weighted by molar-refractivity contribution is 6.00. The van der Waals surface area contributed by atoms with Crippen LogP contribution >= 0.6 is 0 Å². The second-order valence-corrected chi connectivity index (χ2v) is 17.4. The molecule has 3 aliphatic rings. The van der Waals surface area contributed by atoms with Crippen LogP contribution in [0.5, 0.6) is 0 Å².